The van der Waals surface area contributed by atoms with Crippen LogP contribution in [-0.2, 0) is 0 Å². The first-order valence-corrected chi connectivity index (χ1v) is 9.98. The Bertz CT molecular complexity index is 1040. The number of benzene rings is 1. The van der Waals surface area contributed by atoms with Crippen molar-refractivity contribution < 1.29 is 0 Å². The summed E-state index contributed by atoms with van der Waals surface area (Å²) in [6, 6.07) is 18.5. The van der Waals surface area contributed by atoms with Crippen molar-refractivity contribution in [3.05, 3.63) is 66.2 Å². The highest BCUT2D eigenvalue weighted by molar-refractivity contribution is 7.13. The summed E-state index contributed by atoms with van der Waals surface area (Å²) in [7, 11) is 0. The van der Waals surface area contributed by atoms with Crippen LogP contribution in [0.2, 0.25) is 0 Å². The molecule has 4 heterocycles. The van der Waals surface area contributed by atoms with Crippen molar-refractivity contribution in [2.24, 2.45) is 0 Å². The van der Waals surface area contributed by atoms with Crippen LogP contribution < -0.4 is 9.80 Å². The van der Waals surface area contributed by atoms with Gasteiger partial charge in [-0.05, 0) is 35.7 Å². The van der Waals surface area contributed by atoms with E-state index in [2.05, 4.69) is 50.5 Å². The second kappa shape index (κ2) is 6.96. The number of piperazine rings is 1. The summed E-state index contributed by atoms with van der Waals surface area (Å²) in [5, 5.41) is 3.18. The number of anilines is 2. The second-order valence-corrected chi connectivity index (χ2v) is 7.47. The van der Waals surface area contributed by atoms with Gasteiger partial charge in [-0.3, -0.25) is 0 Å². The molecule has 0 radical (unpaired) electrons. The van der Waals surface area contributed by atoms with Crippen LogP contribution in [0.15, 0.2) is 66.2 Å². The summed E-state index contributed by atoms with van der Waals surface area (Å²) < 4.78 is 0. The highest BCUT2D eigenvalue weighted by Crippen LogP contribution is 2.30. The van der Waals surface area contributed by atoms with Crippen LogP contribution in [0, 0.1) is 0 Å². The minimum Gasteiger partial charge on any atom is -0.353 e. The average molecular weight is 373 g/mol. The Morgan fingerprint density at radius 2 is 1.59 bits per heavy atom. The Hall–Kier alpha value is -2.99. The topological polar surface area (TPSA) is 45.2 Å². The van der Waals surface area contributed by atoms with Gasteiger partial charge in [0.2, 0.25) is 0 Å². The van der Waals surface area contributed by atoms with Gasteiger partial charge < -0.3 is 9.80 Å². The lowest BCUT2D eigenvalue weighted by Gasteiger charge is -2.36. The summed E-state index contributed by atoms with van der Waals surface area (Å²) >= 11 is 1.68. The fourth-order valence-corrected chi connectivity index (χ4v) is 4.16. The first-order valence-electron chi connectivity index (χ1n) is 9.10. The van der Waals surface area contributed by atoms with Crippen molar-refractivity contribution in [3.8, 4) is 10.7 Å². The number of thiophene rings is 1. The summed E-state index contributed by atoms with van der Waals surface area (Å²) in [5.74, 6) is 2.89. The van der Waals surface area contributed by atoms with Crippen molar-refractivity contribution in [2.45, 2.75) is 0 Å². The summed E-state index contributed by atoms with van der Waals surface area (Å²) in [4.78, 5) is 20.0. The van der Waals surface area contributed by atoms with E-state index in [1.165, 1.54) is 0 Å². The summed E-state index contributed by atoms with van der Waals surface area (Å²) in [6.45, 7) is 3.70. The van der Waals surface area contributed by atoms with E-state index in [4.69, 9.17) is 9.97 Å². The number of nitrogens with zero attached hydrogens (tertiary/aromatic N) is 5. The first kappa shape index (κ1) is 16.2. The largest absolute Gasteiger partial charge is 0.353 e. The van der Waals surface area contributed by atoms with Crippen molar-refractivity contribution in [3.63, 3.8) is 0 Å². The van der Waals surface area contributed by atoms with Crippen molar-refractivity contribution in [1.29, 1.82) is 0 Å². The van der Waals surface area contributed by atoms with E-state index >= 15 is 0 Å². The van der Waals surface area contributed by atoms with Gasteiger partial charge in [-0.2, -0.15) is 0 Å². The zero-order valence-corrected chi connectivity index (χ0v) is 15.6. The molecule has 0 unspecified atom stereocenters. The molecule has 134 valence electrons. The van der Waals surface area contributed by atoms with Gasteiger partial charge in [-0.25, -0.2) is 15.0 Å². The number of aromatic nitrogens is 3. The third-order valence-electron chi connectivity index (χ3n) is 4.88. The number of rotatable bonds is 3. The van der Waals surface area contributed by atoms with Crippen LogP contribution in [0.3, 0.4) is 0 Å². The lowest BCUT2D eigenvalue weighted by Crippen LogP contribution is -2.47. The number of para-hydroxylation sites is 1. The third kappa shape index (κ3) is 3.13. The first-order chi connectivity index (χ1) is 13.4. The molecule has 6 heteroatoms. The minimum absolute atomic E-state index is 0.811. The van der Waals surface area contributed by atoms with Crippen LogP contribution >= 0.6 is 11.3 Å². The number of hydrogen-bond donors (Lipinski definition) is 0. The summed E-state index contributed by atoms with van der Waals surface area (Å²) in [6.07, 6.45) is 1.85. The van der Waals surface area contributed by atoms with Crippen molar-refractivity contribution in [1.82, 2.24) is 15.0 Å². The van der Waals surface area contributed by atoms with E-state index in [0.29, 0.717) is 0 Å². The molecule has 1 aliphatic rings. The molecule has 0 amide bonds. The van der Waals surface area contributed by atoms with E-state index in [-0.39, 0.29) is 0 Å². The molecular weight excluding hydrogens is 354 g/mol. The maximum Gasteiger partial charge on any atom is 0.172 e. The SMILES string of the molecule is c1ccc(N2CCN(c3nc(-c4cccs4)nc4ccccc34)CC2)nc1. The zero-order valence-electron chi connectivity index (χ0n) is 14.8. The van der Waals surface area contributed by atoms with Gasteiger partial charge in [0.15, 0.2) is 5.82 Å². The van der Waals surface area contributed by atoms with Gasteiger partial charge in [0, 0.05) is 37.8 Å². The lowest BCUT2D eigenvalue weighted by molar-refractivity contribution is 0.643. The fourth-order valence-electron chi connectivity index (χ4n) is 3.51. The Morgan fingerprint density at radius 3 is 2.37 bits per heavy atom. The van der Waals surface area contributed by atoms with Gasteiger partial charge in [0.05, 0.1) is 10.4 Å². The molecule has 1 aliphatic heterocycles. The normalized spacial score (nSPS) is 14.7. The van der Waals surface area contributed by atoms with Crippen LogP contribution in [0.4, 0.5) is 11.6 Å². The fraction of sp³-hybridized carbons (Fsp3) is 0.190. The highest BCUT2D eigenvalue weighted by atomic mass is 32.1. The molecule has 3 aromatic heterocycles. The van der Waals surface area contributed by atoms with Crippen molar-refractivity contribution >= 4 is 33.9 Å². The highest BCUT2D eigenvalue weighted by Gasteiger charge is 2.22. The number of fused-ring (bicyclic) bond motifs is 1. The van der Waals surface area contributed by atoms with Gasteiger partial charge in [-0.1, -0.05) is 24.3 Å². The molecule has 27 heavy (non-hydrogen) atoms. The van der Waals surface area contributed by atoms with Crippen LogP contribution in [0.1, 0.15) is 0 Å². The van der Waals surface area contributed by atoms with E-state index < -0.39 is 0 Å². The van der Waals surface area contributed by atoms with E-state index in [9.17, 15) is 0 Å². The smallest absolute Gasteiger partial charge is 0.172 e. The molecular formula is C21H19N5S. The molecule has 4 aromatic rings. The molecule has 1 fully saturated rings. The lowest BCUT2D eigenvalue weighted by atomic mass is 10.2. The Kier molecular flexibility index (Phi) is 4.18. The van der Waals surface area contributed by atoms with Gasteiger partial charge in [0.1, 0.15) is 11.6 Å². The van der Waals surface area contributed by atoms with Crippen LogP contribution in [0.5, 0.6) is 0 Å². The molecule has 0 N–H and O–H groups in total. The molecule has 5 rings (SSSR count). The van der Waals surface area contributed by atoms with E-state index in [0.717, 1.165) is 59.4 Å². The van der Waals surface area contributed by atoms with Gasteiger partial charge in [0.25, 0.3) is 0 Å². The molecule has 0 spiro atoms. The molecule has 0 saturated carbocycles. The maximum atomic E-state index is 4.96. The Labute approximate surface area is 162 Å². The predicted octanol–water partition coefficient (Wildman–Crippen LogP) is 4.08. The number of hydrogen-bond acceptors (Lipinski definition) is 6. The minimum atomic E-state index is 0.811. The van der Waals surface area contributed by atoms with Gasteiger partial charge in [-0.15, -0.1) is 11.3 Å². The van der Waals surface area contributed by atoms with E-state index in [1.807, 2.05) is 30.5 Å². The molecule has 0 aliphatic carbocycles. The Morgan fingerprint density at radius 1 is 0.778 bits per heavy atom. The van der Waals surface area contributed by atoms with Crippen LogP contribution in [-0.4, -0.2) is 41.1 Å². The molecule has 0 bridgehead atoms. The predicted molar refractivity (Wildman–Crippen MR) is 112 cm³/mol. The summed E-state index contributed by atoms with van der Waals surface area (Å²) in [5.41, 5.74) is 0.998. The maximum absolute atomic E-state index is 4.96. The quantitative estimate of drug-likeness (QED) is 0.541. The molecule has 1 saturated heterocycles. The van der Waals surface area contributed by atoms with E-state index in [1.54, 1.807) is 11.3 Å². The van der Waals surface area contributed by atoms with Crippen LogP contribution in [0.25, 0.3) is 21.6 Å². The third-order valence-corrected chi connectivity index (χ3v) is 5.74. The molecule has 0 atom stereocenters. The Balaban J connectivity index is 1.48. The molecule has 1 aromatic carbocycles. The second-order valence-electron chi connectivity index (χ2n) is 6.53. The standard InChI is InChI=1S/C21H19N5S/c1-2-7-17-16(6-1)21(24-20(23-17)18-8-5-15-27-18)26-13-11-25(12-14-26)19-9-3-4-10-22-19/h1-10,15H,11-14H2. The monoisotopic (exact) mass is 373 g/mol. The average Bonchev–Trinajstić information content (AvgIpc) is 3.29. The molecule has 5 nitrogen and oxygen atoms in total. The van der Waals surface area contributed by atoms with Gasteiger partial charge >= 0.3 is 0 Å². The number of pyridine rings is 1. The zero-order chi connectivity index (χ0) is 18.1. The van der Waals surface area contributed by atoms with Crippen molar-refractivity contribution in [2.75, 3.05) is 36.0 Å².